The van der Waals surface area contributed by atoms with Crippen molar-refractivity contribution in [3.63, 3.8) is 0 Å². The summed E-state index contributed by atoms with van der Waals surface area (Å²) in [6.07, 6.45) is 3.27. The van der Waals surface area contributed by atoms with Crippen molar-refractivity contribution < 1.29 is 9.59 Å². The first-order valence-electron chi connectivity index (χ1n) is 8.40. The Kier molecular flexibility index (Phi) is 73.3. The van der Waals surface area contributed by atoms with Crippen molar-refractivity contribution in [2.24, 2.45) is 17.8 Å². The molecule has 0 amide bonds. The molecule has 0 N–H and O–H groups in total. The van der Waals surface area contributed by atoms with Crippen LogP contribution >= 0.6 is 12.6 Å². The van der Waals surface area contributed by atoms with Crippen LogP contribution in [0.4, 0.5) is 0 Å². The summed E-state index contributed by atoms with van der Waals surface area (Å²) in [5, 5.41) is 0.528. The molecular weight excluding hydrogens is 376 g/mol. The molecule has 0 rings (SSSR count). The van der Waals surface area contributed by atoms with Gasteiger partial charge in [-0.3, -0.25) is 9.59 Å². The normalized spacial score (nSPS) is 7.52. The molecule has 0 unspecified atom stereocenters. The van der Waals surface area contributed by atoms with Crippen LogP contribution in [0.3, 0.4) is 0 Å². The van der Waals surface area contributed by atoms with E-state index >= 15 is 0 Å². The van der Waals surface area contributed by atoms with Crippen molar-refractivity contribution in [3.8, 4) is 0 Å². The van der Waals surface area contributed by atoms with Gasteiger partial charge >= 0.3 is 0 Å². The lowest BCUT2D eigenvalue weighted by Gasteiger charge is -1.99. The quantitative estimate of drug-likeness (QED) is 0.264. The number of allylic oxidation sites excluding steroid dienone is 3. The summed E-state index contributed by atoms with van der Waals surface area (Å²) in [5.41, 5.74) is 0.653. The van der Waals surface area contributed by atoms with E-state index in [1.165, 1.54) is 6.08 Å². The minimum absolute atomic E-state index is 0. The second kappa shape index (κ2) is 37.6. The molecule has 0 spiro atoms. The molecule has 0 aliphatic rings. The average molecular weight is 437 g/mol. The van der Waals surface area contributed by atoms with Crippen LogP contribution in [0.1, 0.15) is 99.4 Å². The van der Waals surface area contributed by atoms with Gasteiger partial charge in [-0.2, -0.15) is 12.6 Å². The second-order valence-corrected chi connectivity index (χ2v) is 7.67. The van der Waals surface area contributed by atoms with Gasteiger partial charge in [0.15, 0.2) is 11.6 Å². The molecule has 0 radical (unpaired) electrons. The highest BCUT2D eigenvalue weighted by molar-refractivity contribution is 7.80. The molecule has 2 nitrogen and oxygen atoms in total. The fourth-order valence-corrected chi connectivity index (χ4v) is 0.729. The van der Waals surface area contributed by atoms with Crippen molar-refractivity contribution >= 4 is 24.2 Å². The fraction of sp³-hybridized carbons (Fsp3) is 0.692. The van der Waals surface area contributed by atoms with E-state index in [0.29, 0.717) is 16.7 Å². The lowest BCUT2D eigenvalue weighted by atomic mass is 10.0. The van der Waals surface area contributed by atoms with E-state index in [2.05, 4.69) is 46.2 Å². The first kappa shape index (κ1) is 56.5. The third-order valence-corrected chi connectivity index (χ3v) is 2.19. The molecule has 0 aliphatic heterocycles. The van der Waals surface area contributed by atoms with Crippen molar-refractivity contribution in [1.29, 1.82) is 0 Å². The maximum Gasteiger partial charge on any atom is 0.160 e. The summed E-state index contributed by atoms with van der Waals surface area (Å²) in [5.74, 6) is 1.13. The highest BCUT2D eigenvalue weighted by Gasteiger charge is 2.05. The van der Waals surface area contributed by atoms with Crippen LogP contribution in [0, 0.1) is 17.8 Å². The lowest BCUT2D eigenvalue weighted by Crippen LogP contribution is -2.06. The van der Waals surface area contributed by atoms with Gasteiger partial charge in [-0.05, 0) is 29.7 Å². The summed E-state index contributed by atoms with van der Waals surface area (Å²) in [6, 6.07) is 0. The summed E-state index contributed by atoms with van der Waals surface area (Å²) in [7, 11) is 0. The van der Waals surface area contributed by atoms with Crippen LogP contribution in [-0.2, 0) is 9.59 Å². The fourth-order valence-electron chi connectivity index (χ4n) is 0.729. The van der Waals surface area contributed by atoms with Crippen LogP contribution in [0.5, 0.6) is 0 Å². The molecule has 182 valence electrons. The maximum atomic E-state index is 10.7. The molecule has 0 bridgehead atoms. The van der Waals surface area contributed by atoms with Crippen LogP contribution in [0.25, 0.3) is 0 Å². The number of ketones is 2. The largest absolute Gasteiger partial charge is 0.295 e. The number of hydrogen-bond donors (Lipinski definition) is 1. The zero-order chi connectivity index (χ0) is 20.5. The number of thiol groups is 1. The van der Waals surface area contributed by atoms with Crippen LogP contribution in [-0.4, -0.2) is 16.8 Å². The standard InChI is InChI=1S/C7H12O.C6H10O.C5H10.C3H8S.5CH4/c1-5(2)7(8)6(3)4;1-4-6(7)5(2)3;1-4-5(2)3;1-3(2)4;;;;;/h6H,1H2,2-4H3;4-5H,1H2,2-3H3;4-5H,1H2,2-3H3;3-4H,1-2H3;5*1H4. The Bertz CT molecular complexity index is 362. The van der Waals surface area contributed by atoms with Crippen molar-refractivity contribution in [1.82, 2.24) is 0 Å². The van der Waals surface area contributed by atoms with Crippen molar-refractivity contribution in [3.05, 3.63) is 37.5 Å². The highest BCUT2D eigenvalue weighted by atomic mass is 32.1. The molecule has 0 heterocycles. The van der Waals surface area contributed by atoms with Gasteiger partial charge in [0.2, 0.25) is 0 Å². The summed E-state index contributed by atoms with van der Waals surface area (Å²) >= 11 is 3.97. The first-order valence-corrected chi connectivity index (χ1v) is 8.92. The van der Waals surface area contributed by atoms with Crippen LogP contribution in [0.15, 0.2) is 37.5 Å². The Hall–Kier alpha value is -1.09. The SMILES string of the molecule is C.C.C.C.C.C=C(C)C(=O)C(C)C.C=CC(=O)C(C)C.C=CC(C)C.CC(C)S. The predicted octanol–water partition coefficient (Wildman–Crippen LogP) is 9.52. The van der Waals surface area contributed by atoms with Gasteiger partial charge in [0, 0.05) is 11.8 Å². The summed E-state index contributed by atoms with van der Waals surface area (Å²) in [4.78, 5) is 21.1. The summed E-state index contributed by atoms with van der Waals surface area (Å²) in [6.45, 7) is 27.9. The molecule has 0 aromatic carbocycles. The minimum Gasteiger partial charge on any atom is -0.295 e. The first-order chi connectivity index (χ1) is 10.7. The van der Waals surface area contributed by atoms with Crippen LogP contribution < -0.4 is 0 Å². The van der Waals surface area contributed by atoms with E-state index in [9.17, 15) is 9.59 Å². The monoisotopic (exact) mass is 436 g/mol. The Morgan fingerprint density at radius 3 is 1.00 bits per heavy atom. The van der Waals surface area contributed by atoms with E-state index in [1.54, 1.807) is 6.92 Å². The predicted molar refractivity (Wildman–Crippen MR) is 148 cm³/mol. The third kappa shape index (κ3) is 75.1. The van der Waals surface area contributed by atoms with Gasteiger partial charge in [-0.25, -0.2) is 0 Å². The number of carbonyl (C=O) groups excluding carboxylic acids is 2. The van der Waals surface area contributed by atoms with Gasteiger partial charge < -0.3 is 0 Å². The van der Waals surface area contributed by atoms with Gasteiger partial charge in [-0.1, -0.05) is 112 Å². The Morgan fingerprint density at radius 2 is 1.00 bits per heavy atom. The zero-order valence-corrected chi connectivity index (χ0v) is 18.2. The van der Waals surface area contributed by atoms with Gasteiger partial charge in [0.1, 0.15) is 0 Å². The zero-order valence-electron chi connectivity index (χ0n) is 17.3. The van der Waals surface area contributed by atoms with Gasteiger partial charge in [-0.15, -0.1) is 6.58 Å². The van der Waals surface area contributed by atoms with E-state index in [0.717, 1.165) is 0 Å². The molecule has 0 fully saturated rings. The molecule has 0 aromatic rings. The number of Topliss-reactive ketones (excluding diaryl/α,β-unsaturated/α-hetero) is 1. The number of carbonyl (C=O) groups is 2. The Morgan fingerprint density at radius 1 is 0.759 bits per heavy atom. The van der Waals surface area contributed by atoms with Crippen molar-refractivity contribution in [2.45, 2.75) is 105 Å². The number of hydrogen-bond acceptors (Lipinski definition) is 3. The van der Waals surface area contributed by atoms with E-state index < -0.39 is 0 Å². The van der Waals surface area contributed by atoms with Gasteiger partial charge in [0.05, 0.1) is 0 Å². The third-order valence-electron chi connectivity index (χ3n) is 2.19. The van der Waals surface area contributed by atoms with Crippen molar-refractivity contribution in [2.75, 3.05) is 0 Å². The van der Waals surface area contributed by atoms with E-state index in [1.807, 2.05) is 47.6 Å². The van der Waals surface area contributed by atoms with Crippen LogP contribution in [0.2, 0.25) is 0 Å². The van der Waals surface area contributed by atoms with E-state index in [-0.39, 0.29) is 60.5 Å². The molecule has 0 aliphatic carbocycles. The highest BCUT2D eigenvalue weighted by Crippen LogP contribution is 2.01. The van der Waals surface area contributed by atoms with Gasteiger partial charge in [0.25, 0.3) is 0 Å². The molecule has 0 atom stereocenters. The average Bonchev–Trinajstić information content (AvgIpc) is 2.45. The molecular formula is C26H60O2S. The smallest absolute Gasteiger partial charge is 0.160 e. The maximum absolute atomic E-state index is 10.7. The molecule has 0 saturated heterocycles. The molecule has 0 saturated carbocycles. The minimum atomic E-state index is 0. The molecule has 0 aromatic heterocycles. The second-order valence-electron chi connectivity index (χ2n) is 6.63. The molecule has 29 heavy (non-hydrogen) atoms. The Balaban J connectivity index is -0.0000000255. The number of rotatable bonds is 5. The topological polar surface area (TPSA) is 34.1 Å². The summed E-state index contributed by atoms with van der Waals surface area (Å²) < 4.78 is 0. The Labute approximate surface area is 193 Å². The molecule has 3 heteroatoms. The van der Waals surface area contributed by atoms with E-state index in [4.69, 9.17) is 0 Å². The lowest BCUT2D eigenvalue weighted by molar-refractivity contribution is -0.118.